The van der Waals surface area contributed by atoms with Crippen LogP contribution in [-0.4, -0.2) is 55.0 Å². The molecule has 33 heavy (non-hydrogen) atoms. The topological polar surface area (TPSA) is 72.2 Å². The summed E-state index contributed by atoms with van der Waals surface area (Å²) in [6.07, 6.45) is 3.31. The van der Waals surface area contributed by atoms with Gasteiger partial charge in [-0.1, -0.05) is 13.0 Å². The minimum absolute atomic E-state index is 0.0283. The summed E-state index contributed by atoms with van der Waals surface area (Å²) in [6, 6.07) is 9.60. The van der Waals surface area contributed by atoms with Crippen molar-refractivity contribution in [1.29, 1.82) is 0 Å². The van der Waals surface area contributed by atoms with E-state index >= 15 is 0 Å². The van der Waals surface area contributed by atoms with E-state index in [4.69, 9.17) is 13.9 Å². The third-order valence-corrected chi connectivity index (χ3v) is 6.25. The predicted molar refractivity (Wildman–Crippen MR) is 126 cm³/mol. The predicted octanol–water partition coefficient (Wildman–Crippen LogP) is 4.21. The molecule has 1 aliphatic carbocycles. The Morgan fingerprint density at radius 1 is 1.12 bits per heavy atom. The Hall–Kier alpha value is -2.96. The second-order valence-electron chi connectivity index (χ2n) is 8.76. The Balaban J connectivity index is 1.75. The molecule has 2 amide bonds. The number of carbonyl (C=O) groups excluding carboxylic acids is 2. The third-order valence-electron chi connectivity index (χ3n) is 6.25. The maximum atomic E-state index is 13.4. The van der Waals surface area contributed by atoms with Gasteiger partial charge in [-0.15, -0.1) is 0 Å². The van der Waals surface area contributed by atoms with Crippen molar-refractivity contribution in [1.82, 2.24) is 9.80 Å². The van der Waals surface area contributed by atoms with E-state index in [0.29, 0.717) is 31.0 Å². The largest absolute Gasteiger partial charge is 0.493 e. The van der Waals surface area contributed by atoms with Crippen molar-refractivity contribution in [2.75, 3.05) is 27.3 Å². The molecule has 2 aromatic rings. The Bertz CT molecular complexity index is 950. The third kappa shape index (κ3) is 6.53. The molecule has 1 aromatic heterocycles. The van der Waals surface area contributed by atoms with Crippen molar-refractivity contribution in [3.05, 3.63) is 47.4 Å². The van der Waals surface area contributed by atoms with Gasteiger partial charge in [-0.05, 0) is 69.4 Å². The molecule has 0 N–H and O–H groups in total. The molecule has 1 saturated carbocycles. The number of aryl methyl sites for hydroxylation is 1. The molecule has 0 bridgehead atoms. The summed E-state index contributed by atoms with van der Waals surface area (Å²) in [5.74, 6) is 2.99. The first-order chi connectivity index (χ1) is 15.9. The fourth-order valence-corrected chi connectivity index (χ4v) is 3.83. The zero-order chi connectivity index (χ0) is 24.0. The Morgan fingerprint density at radius 2 is 1.85 bits per heavy atom. The molecule has 0 spiro atoms. The van der Waals surface area contributed by atoms with Gasteiger partial charge in [0.15, 0.2) is 11.5 Å². The molecular weight excluding hydrogens is 420 g/mol. The molecule has 1 atom stereocenters. The first-order valence-electron chi connectivity index (χ1n) is 11.7. The van der Waals surface area contributed by atoms with Crippen LogP contribution in [0.4, 0.5) is 0 Å². The maximum absolute atomic E-state index is 13.4. The van der Waals surface area contributed by atoms with Crippen LogP contribution in [0.25, 0.3) is 0 Å². The van der Waals surface area contributed by atoms with Crippen LogP contribution >= 0.6 is 0 Å². The summed E-state index contributed by atoms with van der Waals surface area (Å²) in [6.45, 7) is 6.90. The first kappa shape index (κ1) is 24.7. The highest BCUT2D eigenvalue weighted by Gasteiger charge is 2.36. The van der Waals surface area contributed by atoms with Crippen LogP contribution in [0.1, 0.15) is 50.2 Å². The van der Waals surface area contributed by atoms with Crippen LogP contribution in [-0.2, 0) is 22.6 Å². The molecule has 7 nitrogen and oxygen atoms in total. The number of rotatable bonds is 12. The van der Waals surface area contributed by atoms with Gasteiger partial charge >= 0.3 is 0 Å². The minimum atomic E-state index is -0.0705. The molecule has 1 fully saturated rings. The molecule has 0 saturated heterocycles. The van der Waals surface area contributed by atoms with E-state index < -0.39 is 0 Å². The smallest absolute Gasteiger partial charge is 0.242 e. The van der Waals surface area contributed by atoms with E-state index in [9.17, 15) is 9.59 Å². The average molecular weight is 457 g/mol. The van der Waals surface area contributed by atoms with Crippen LogP contribution in [0.5, 0.6) is 11.5 Å². The van der Waals surface area contributed by atoms with Gasteiger partial charge < -0.3 is 23.7 Å². The molecule has 3 rings (SSSR count). The summed E-state index contributed by atoms with van der Waals surface area (Å²) in [7, 11) is 3.21. The van der Waals surface area contributed by atoms with Crippen molar-refractivity contribution in [3.63, 3.8) is 0 Å². The molecule has 1 heterocycles. The maximum Gasteiger partial charge on any atom is 0.242 e. The van der Waals surface area contributed by atoms with E-state index in [-0.39, 0.29) is 30.3 Å². The van der Waals surface area contributed by atoms with Crippen LogP contribution in [0, 0.1) is 12.8 Å². The van der Waals surface area contributed by atoms with Gasteiger partial charge in [-0.25, -0.2) is 0 Å². The Kier molecular flexibility index (Phi) is 8.42. The summed E-state index contributed by atoms with van der Waals surface area (Å²) in [5, 5.41) is 0. The Labute approximate surface area is 196 Å². The van der Waals surface area contributed by atoms with Crippen molar-refractivity contribution in [2.24, 2.45) is 5.92 Å². The molecular formula is C26H36N2O5. The fraction of sp³-hybridized carbons (Fsp3) is 0.538. The first-order valence-corrected chi connectivity index (χ1v) is 11.7. The summed E-state index contributed by atoms with van der Waals surface area (Å²) < 4.78 is 16.5. The average Bonchev–Trinajstić information content (AvgIpc) is 3.60. The molecule has 0 aliphatic heterocycles. The Morgan fingerprint density at radius 3 is 2.42 bits per heavy atom. The molecule has 1 aliphatic rings. The highest BCUT2D eigenvalue weighted by Crippen LogP contribution is 2.32. The van der Waals surface area contributed by atoms with Gasteiger partial charge in [0.1, 0.15) is 18.1 Å². The van der Waals surface area contributed by atoms with Gasteiger partial charge in [-0.3, -0.25) is 9.59 Å². The zero-order valence-corrected chi connectivity index (χ0v) is 20.4. The lowest BCUT2D eigenvalue weighted by molar-refractivity contribution is -0.143. The number of ether oxygens (including phenoxy) is 2. The van der Waals surface area contributed by atoms with Crippen LogP contribution in [0.3, 0.4) is 0 Å². The second kappa shape index (κ2) is 11.3. The number of hydrogen-bond acceptors (Lipinski definition) is 5. The van der Waals surface area contributed by atoms with Gasteiger partial charge in [0.2, 0.25) is 11.8 Å². The van der Waals surface area contributed by atoms with Crippen molar-refractivity contribution < 1.29 is 23.5 Å². The van der Waals surface area contributed by atoms with E-state index in [0.717, 1.165) is 36.3 Å². The van der Waals surface area contributed by atoms with Crippen molar-refractivity contribution in [3.8, 4) is 11.5 Å². The lowest BCUT2D eigenvalue weighted by atomic mass is 10.1. The number of carbonyl (C=O) groups is 2. The number of benzene rings is 1. The van der Waals surface area contributed by atoms with Crippen LogP contribution in [0.2, 0.25) is 0 Å². The molecule has 180 valence electrons. The van der Waals surface area contributed by atoms with E-state index in [1.807, 2.05) is 51.1 Å². The second-order valence-corrected chi connectivity index (χ2v) is 8.76. The molecule has 7 heteroatoms. The molecule has 1 aromatic carbocycles. The van der Waals surface area contributed by atoms with E-state index in [1.165, 1.54) is 0 Å². The quantitative estimate of drug-likeness (QED) is 0.478. The van der Waals surface area contributed by atoms with Crippen LogP contribution < -0.4 is 9.47 Å². The summed E-state index contributed by atoms with van der Waals surface area (Å²) >= 11 is 0. The number of hydrogen-bond donors (Lipinski definition) is 0. The number of methoxy groups -OCH3 is 2. The normalized spacial score (nSPS) is 14.0. The lowest BCUT2D eigenvalue weighted by Gasteiger charge is -2.31. The highest BCUT2D eigenvalue weighted by atomic mass is 16.5. The standard InChI is InChI=1S/C26H36N2O5/c1-6-18(2)28(26(30)21-9-10-21)17-25(29)27(16-22-11-7-19(3)33-22)14-13-20-8-12-23(31-4)24(15-20)32-5/h7-8,11-12,15,18,21H,6,9-10,13-14,16-17H2,1-5H3/t18-/m0/s1. The zero-order valence-electron chi connectivity index (χ0n) is 20.4. The van der Waals surface area contributed by atoms with Crippen molar-refractivity contribution >= 4 is 11.8 Å². The number of amides is 2. The van der Waals surface area contributed by atoms with Gasteiger partial charge in [0.25, 0.3) is 0 Å². The highest BCUT2D eigenvalue weighted by molar-refractivity contribution is 5.87. The summed E-state index contributed by atoms with van der Waals surface area (Å²) in [4.78, 5) is 29.8. The van der Waals surface area contributed by atoms with Gasteiger partial charge in [0.05, 0.1) is 20.8 Å². The van der Waals surface area contributed by atoms with Crippen molar-refractivity contribution in [2.45, 2.75) is 59.0 Å². The van der Waals surface area contributed by atoms with Gasteiger partial charge in [0, 0.05) is 18.5 Å². The summed E-state index contributed by atoms with van der Waals surface area (Å²) in [5.41, 5.74) is 1.04. The minimum Gasteiger partial charge on any atom is -0.493 e. The van der Waals surface area contributed by atoms with E-state index in [2.05, 4.69) is 0 Å². The number of furan rings is 1. The monoisotopic (exact) mass is 456 g/mol. The van der Waals surface area contributed by atoms with Crippen LogP contribution in [0.15, 0.2) is 34.7 Å². The molecule has 0 unspecified atom stereocenters. The van der Waals surface area contributed by atoms with E-state index in [1.54, 1.807) is 24.0 Å². The number of nitrogens with zero attached hydrogens (tertiary/aromatic N) is 2. The van der Waals surface area contributed by atoms with Gasteiger partial charge in [-0.2, -0.15) is 0 Å². The fourth-order valence-electron chi connectivity index (χ4n) is 3.83. The lowest BCUT2D eigenvalue weighted by Crippen LogP contribution is -2.47. The SMILES string of the molecule is CC[C@H](C)N(CC(=O)N(CCc1ccc(OC)c(OC)c1)Cc1ccc(C)o1)C(=O)C1CC1. The molecule has 0 radical (unpaired) electrons.